The van der Waals surface area contributed by atoms with Crippen LogP contribution in [0.5, 0.6) is 0 Å². The highest BCUT2D eigenvalue weighted by Gasteiger charge is 2.24. The lowest BCUT2D eigenvalue weighted by molar-refractivity contribution is 0.0757. The van der Waals surface area contributed by atoms with Gasteiger partial charge in [-0.2, -0.15) is 0 Å². The molecule has 2 N–H and O–H groups in total. The number of piperidine rings is 1. The van der Waals surface area contributed by atoms with E-state index in [2.05, 4.69) is 33.0 Å². The van der Waals surface area contributed by atoms with Crippen molar-refractivity contribution < 1.29 is 14.2 Å². The van der Waals surface area contributed by atoms with Crippen LogP contribution in [-0.2, 0) is 18.0 Å². The fourth-order valence-corrected chi connectivity index (χ4v) is 4.31. The summed E-state index contributed by atoms with van der Waals surface area (Å²) in [5.74, 6) is 0.693. The third-order valence-corrected chi connectivity index (χ3v) is 5.91. The van der Waals surface area contributed by atoms with Gasteiger partial charge in [0.15, 0.2) is 0 Å². The molecular formula is C25H35FN2O2. The van der Waals surface area contributed by atoms with Gasteiger partial charge >= 0.3 is 0 Å². The zero-order valence-electron chi connectivity index (χ0n) is 18.7. The van der Waals surface area contributed by atoms with E-state index in [0.717, 1.165) is 66.2 Å². The molecule has 30 heavy (non-hydrogen) atoms. The maximum Gasteiger partial charge on any atom is 0.123 e. The van der Waals surface area contributed by atoms with Gasteiger partial charge in [-0.25, -0.2) is 4.39 Å². The van der Waals surface area contributed by atoms with Crippen molar-refractivity contribution in [3.8, 4) is 11.1 Å². The normalized spacial score (nSPS) is 15.3. The standard InChI is InChI=1S/C25H35FN2O2/c1-16(2)24-21(13-29)23(19-5-7-20(26)8-6-19)22(25(28-24)17(3)4)15-30-14-18-9-11-27-12-10-18/h5-8,16-18,27,29H,9-15H2,1-4H3. The minimum Gasteiger partial charge on any atom is -0.392 e. The molecule has 3 rings (SSSR count). The molecule has 1 fully saturated rings. The first kappa shape index (κ1) is 22.9. The Morgan fingerprint density at radius 3 is 2.20 bits per heavy atom. The van der Waals surface area contributed by atoms with Crippen LogP contribution < -0.4 is 5.32 Å². The molecule has 0 amide bonds. The van der Waals surface area contributed by atoms with Crippen molar-refractivity contribution in [2.75, 3.05) is 19.7 Å². The number of benzene rings is 1. The van der Waals surface area contributed by atoms with Crippen LogP contribution in [0.2, 0.25) is 0 Å². The largest absolute Gasteiger partial charge is 0.392 e. The van der Waals surface area contributed by atoms with Gasteiger partial charge in [0.2, 0.25) is 0 Å². The fraction of sp³-hybridized carbons (Fsp3) is 0.560. The van der Waals surface area contributed by atoms with Gasteiger partial charge in [-0.1, -0.05) is 39.8 Å². The van der Waals surface area contributed by atoms with Crippen molar-refractivity contribution in [2.24, 2.45) is 5.92 Å². The Morgan fingerprint density at radius 1 is 1.03 bits per heavy atom. The molecule has 0 atom stereocenters. The lowest BCUT2D eigenvalue weighted by Crippen LogP contribution is -2.30. The predicted octanol–water partition coefficient (Wildman–Crippen LogP) is 5.14. The first-order chi connectivity index (χ1) is 14.4. The molecule has 164 valence electrons. The van der Waals surface area contributed by atoms with Gasteiger partial charge in [0.1, 0.15) is 5.82 Å². The number of aliphatic hydroxyl groups is 1. The predicted molar refractivity (Wildman–Crippen MR) is 119 cm³/mol. The minimum atomic E-state index is -0.268. The summed E-state index contributed by atoms with van der Waals surface area (Å²) >= 11 is 0. The summed E-state index contributed by atoms with van der Waals surface area (Å²) in [6.07, 6.45) is 2.27. The van der Waals surface area contributed by atoms with Crippen molar-refractivity contribution in [3.63, 3.8) is 0 Å². The van der Waals surface area contributed by atoms with Crippen LogP contribution in [0.1, 0.15) is 74.9 Å². The van der Waals surface area contributed by atoms with Crippen molar-refractivity contribution in [1.82, 2.24) is 10.3 Å². The lowest BCUT2D eigenvalue weighted by Gasteiger charge is -2.26. The van der Waals surface area contributed by atoms with E-state index in [1.54, 1.807) is 12.1 Å². The van der Waals surface area contributed by atoms with Crippen LogP contribution in [0.3, 0.4) is 0 Å². The number of ether oxygens (including phenoxy) is 1. The molecule has 0 bridgehead atoms. The highest BCUT2D eigenvalue weighted by atomic mass is 19.1. The van der Waals surface area contributed by atoms with Gasteiger partial charge in [-0.15, -0.1) is 0 Å². The molecule has 0 radical (unpaired) electrons. The summed E-state index contributed by atoms with van der Waals surface area (Å²) in [6, 6.07) is 6.52. The number of rotatable bonds is 8. The second-order valence-corrected chi connectivity index (χ2v) is 8.90. The van der Waals surface area contributed by atoms with Gasteiger partial charge in [0.05, 0.1) is 13.2 Å². The van der Waals surface area contributed by atoms with E-state index in [0.29, 0.717) is 12.5 Å². The Morgan fingerprint density at radius 2 is 1.63 bits per heavy atom. The molecule has 5 heteroatoms. The summed E-state index contributed by atoms with van der Waals surface area (Å²) in [6.45, 7) is 11.6. The van der Waals surface area contributed by atoms with Gasteiger partial charge in [-0.05, 0) is 66.9 Å². The van der Waals surface area contributed by atoms with Gasteiger partial charge in [0.25, 0.3) is 0 Å². The van der Waals surface area contributed by atoms with Crippen molar-refractivity contribution >= 4 is 0 Å². The average Bonchev–Trinajstić information content (AvgIpc) is 2.74. The number of pyridine rings is 1. The van der Waals surface area contributed by atoms with Crippen LogP contribution >= 0.6 is 0 Å². The second kappa shape index (κ2) is 10.5. The molecular weight excluding hydrogens is 379 g/mol. The van der Waals surface area contributed by atoms with E-state index in [-0.39, 0.29) is 24.3 Å². The third kappa shape index (κ3) is 5.26. The Bertz CT molecular complexity index is 828. The maximum atomic E-state index is 13.6. The number of nitrogens with zero attached hydrogens (tertiary/aromatic N) is 1. The van der Waals surface area contributed by atoms with Crippen LogP contribution in [-0.4, -0.2) is 29.8 Å². The molecule has 1 aliphatic rings. The zero-order chi connectivity index (χ0) is 21.7. The van der Waals surface area contributed by atoms with E-state index in [1.165, 1.54) is 12.1 Å². The monoisotopic (exact) mass is 414 g/mol. The fourth-order valence-electron chi connectivity index (χ4n) is 4.31. The van der Waals surface area contributed by atoms with Crippen LogP contribution in [0.4, 0.5) is 4.39 Å². The third-order valence-electron chi connectivity index (χ3n) is 5.91. The highest BCUT2D eigenvalue weighted by Crippen LogP contribution is 2.37. The minimum absolute atomic E-state index is 0.104. The number of nitrogens with one attached hydrogen (secondary N) is 1. The van der Waals surface area contributed by atoms with E-state index < -0.39 is 0 Å². The number of hydrogen-bond acceptors (Lipinski definition) is 4. The molecule has 1 aliphatic heterocycles. The van der Waals surface area contributed by atoms with Crippen molar-refractivity contribution in [1.29, 1.82) is 0 Å². The molecule has 0 aliphatic carbocycles. The molecule has 2 heterocycles. The smallest absolute Gasteiger partial charge is 0.123 e. The molecule has 0 unspecified atom stereocenters. The summed E-state index contributed by atoms with van der Waals surface area (Å²) in [5, 5.41) is 13.7. The van der Waals surface area contributed by atoms with Crippen molar-refractivity contribution in [2.45, 2.75) is 65.6 Å². The maximum absolute atomic E-state index is 13.6. The highest BCUT2D eigenvalue weighted by molar-refractivity contribution is 5.73. The SMILES string of the molecule is CC(C)c1nc(C(C)C)c(COCC2CCNCC2)c(-c2ccc(F)cc2)c1CO. The lowest BCUT2D eigenvalue weighted by atomic mass is 9.87. The van der Waals surface area contributed by atoms with E-state index >= 15 is 0 Å². The molecule has 0 saturated carbocycles. The van der Waals surface area contributed by atoms with E-state index in [1.807, 2.05) is 0 Å². The quantitative estimate of drug-likeness (QED) is 0.628. The number of aromatic nitrogens is 1. The van der Waals surface area contributed by atoms with Crippen LogP contribution in [0.25, 0.3) is 11.1 Å². The van der Waals surface area contributed by atoms with Gasteiger partial charge in [-0.3, -0.25) is 4.98 Å². The first-order valence-corrected chi connectivity index (χ1v) is 11.1. The molecule has 0 spiro atoms. The summed E-state index contributed by atoms with van der Waals surface area (Å²) in [7, 11) is 0. The van der Waals surface area contributed by atoms with Crippen molar-refractivity contribution in [3.05, 3.63) is 52.6 Å². The first-order valence-electron chi connectivity index (χ1n) is 11.1. The number of hydrogen-bond donors (Lipinski definition) is 2. The molecule has 1 saturated heterocycles. The molecule has 1 aromatic carbocycles. The zero-order valence-corrected chi connectivity index (χ0v) is 18.7. The van der Waals surface area contributed by atoms with E-state index in [9.17, 15) is 9.50 Å². The summed E-state index contributed by atoms with van der Waals surface area (Å²) < 4.78 is 19.8. The number of halogens is 1. The van der Waals surface area contributed by atoms with Crippen LogP contribution in [0, 0.1) is 11.7 Å². The summed E-state index contributed by atoms with van der Waals surface area (Å²) in [4.78, 5) is 4.99. The Hall–Kier alpha value is -1.82. The van der Waals surface area contributed by atoms with Gasteiger partial charge in [0, 0.05) is 29.1 Å². The second-order valence-electron chi connectivity index (χ2n) is 8.90. The summed E-state index contributed by atoms with van der Waals surface area (Å²) in [5.41, 5.74) is 5.58. The number of aliphatic hydroxyl groups excluding tert-OH is 1. The topological polar surface area (TPSA) is 54.4 Å². The Balaban J connectivity index is 2.05. The van der Waals surface area contributed by atoms with Gasteiger partial charge < -0.3 is 15.2 Å². The Kier molecular flexibility index (Phi) is 7.98. The van der Waals surface area contributed by atoms with E-state index in [4.69, 9.17) is 9.72 Å². The van der Waals surface area contributed by atoms with Crippen LogP contribution in [0.15, 0.2) is 24.3 Å². The molecule has 1 aromatic heterocycles. The Labute approximate surface area is 179 Å². The molecule has 2 aromatic rings. The average molecular weight is 415 g/mol. The molecule has 4 nitrogen and oxygen atoms in total.